The van der Waals surface area contributed by atoms with Crippen LogP contribution in [0.25, 0.3) is 11.1 Å². The van der Waals surface area contributed by atoms with Crippen molar-refractivity contribution < 1.29 is 0 Å². The van der Waals surface area contributed by atoms with Gasteiger partial charge in [-0.05, 0) is 29.3 Å². The molecule has 0 aliphatic rings. The summed E-state index contributed by atoms with van der Waals surface area (Å²) in [7, 11) is 0. The largest absolute Gasteiger partial charge is 0.405 e. The monoisotopic (exact) mass is 238 g/mol. The zero-order valence-corrected chi connectivity index (χ0v) is 10.3. The van der Waals surface area contributed by atoms with Crippen LogP contribution in [-0.4, -0.2) is 6.04 Å². The standard InChI is InChI=1S/C16H18N2/c17-10-9-16(18)12-13-5-4-8-15(11-13)14-6-2-1-3-7-14/h1-11,16H,12,17-18H2/b10-9-. The average Bonchev–Trinajstić information content (AvgIpc) is 2.40. The van der Waals surface area contributed by atoms with Crippen molar-refractivity contribution in [2.75, 3.05) is 0 Å². The Morgan fingerprint density at radius 2 is 1.67 bits per heavy atom. The number of benzene rings is 2. The minimum Gasteiger partial charge on any atom is -0.405 e. The highest BCUT2D eigenvalue weighted by Gasteiger charge is 2.02. The Morgan fingerprint density at radius 3 is 2.39 bits per heavy atom. The molecule has 0 aromatic heterocycles. The highest BCUT2D eigenvalue weighted by molar-refractivity contribution is 5.63. The van der Waals surface area contributed by atoms with Crippen LogP contribution in [0.5, 0.6) is 0 Å². The van der Waals surface area contributed by atoms with Crippen molar-refractivity contribution in [1.29, 1.82) is 0 Å². The van der Waals surface area contributed by atoms with E-state index in [0.717, 1.165) is 6.42 Å². The van der Waals surface area contributed by atoms with Gasteiger partial charge in [-0.3, -0.25) is 0 Å². The molecule has 0 aliphatic heterocycles. The van der Waals surface area contributed by atoms with E-state index in [1.54, 1.807) is 0 Å². The molecule has 2 nitrogen and oxygen atoms in total. The van der Waals surface area contributed by atoms with Crippen LogP contribution in [0.2, 0.25) is 0 Å². The van der Waals surface area contributed by atoms with Crippen molar-refractivity contribution in [2.45, 2.75) is 12.5 Å². The van der Waals surface area contributed by atoms with E-state index >= 15 is 0 Å². The van der Waals surface area contributed by atoms with Crippen molar-refractivity contribution >= 4 is 0 Å². The summed E-state index contributed by atoms with van der Waals surface area (Å²) in [6, 6.07) is 18.8. The summed E-state index contributed by atoms with van der Waals surface area (Å²) >= 11 is 0. The maximum atomic E-state index is 5.94. The lowest BCUT2D eigenvalue weighted by atomic mass is 10.00. The molecule has 1 unspecified atom stereocenters. The highest BCUT2D eigenvalue weighted by Crippen LogP contribution is 2.20. The minimum atomic E-state index is -0.0268. The van der Waals surface area contributed by atoms with Gasteiger partial charge in [0.2, 0.25) is 0 Å². The summed E-state index contributed by atoms with van der Waals surface area (Å²) in [6.07, 6.45) is 4.12. The van der Waals surface area contributed by atoms with Crippen LogP contribution >= 0.6 is 0 Å². The zero-order chi connectivity index (χ0) is 12.8. The molecule has 0 saturated heterocycles. The van der Waals surface area contributed by atoms with Crippen molar-refractivity contribution in [3.8, 4) is 11.1 Å². The zero-order valence-electron chi connectivity index (χ0n) is 10.3. The highest BCUT2D eigenvalue weighted by atomic mass is 14.6. The van der Waals surface area contributed by atoms with Crippen LogP contribution in [0.4, 0.5) is 0 Å². The van der Waals surface area contributed by atoms with E-state index in [9.17, 15) is 0 Å². The molecule has 2 rings (SSSR count). The minimum absolute atomic E-state index is 0.0268. The first kappa shape index (κ1) is 12.4. The van der Waals surface area contributed by atoms with Crippen molar-refractivity contribution in [3.05, 3.63) is 72.4 Å². The van der Waals surface area contributed by atoms with Crippen molar-refractivity contribution in [2.24, 2.45) is 11.5 Å². The Kier molecular flexibility index (Phi) is 4.15. The van der Waals surface area contributed by atoms with Gasteiger partial charge < -0.3 is 11.5 Å². The van der Waals surface area contributed by atoms with Gasteiger partial charge in [0.05, 0.1) is 0 Å². The van der Waals surface area contributed by atoms with Crippen LogP contribution in [0.3, 0.4) is 0 Å². The molecule has 18 heavy (non-hydrogen) atoms. The van der Waals surface area contributed by atoms with E-state index < -0.39 is 0 Å². The second-order valence-electron chi connectivity index (χ2n) is 4.32. The lowest BCUT2D eigenvalue weighted by molar-refractivity contribution is 0.808. The molecular formula is C16H18N2. The van der Waals surface area contributed by atoms with Gasteiger partial charge in [-0.2, -0.15) is 0 Å². The lowest BCUT2D eigenvalue weighted by Crippen LogP contribution is -2.20. The molecule has 1 atom stereocenters. The molecule has 0 heterocycles. The molecule has 0 saturated carbocycles. The Bertz CT molecular complexity index is 518. The summed E-state index contributed by atoms with van der Waals surface area (Å²) < 4.78 is 0. The van der Waals surface area contributed by atoms with Crippen LogP contribution in [-0.2, 0) is 6.42 Å². The average molecular weight is 238 g/mol. The van der Waals surface area contributed by atoms with Gasteiger partial charge in [0.15, 0.2) is 0 Å². The second-order valence-corrected chi connectivity index (χ2v) is 4.32. The van der Waals surface area contributed by atoms with E-state index in [1.807, 2.05) is 24.3 Å². The summed E-state index contributed by atoms with van der Waals surface area (Å²) in [5.74, 6) is 0. The molecule has 2 aromatic carbocycles. The fraction of sp³-hybridized carbons (Fsp3) is 0.125. The fourth-order valence-electron chi connectivity index (χ4n) is 1.99. The molecule has 0 aliphatic carbocycles. The fourth-order valence-corrected chi connectivity index (χ4v) is 1.99. The summed E-state index contributed by atoms with van der Waals surface area (Å²) in [5.41, 5.74) is 14.9. The first-order chi connectivity index (χ1) is 8.79. The summed E-state index contributed by atoms with van der Waals surface area (Å²) in [5, 5.41) is 0. The lowest BCUT2D eigenvalue weighted by Gasteiger charge is -2.08. The summed E-state index contributed by atoms with van der Waals surface area (Å²) in [6.45, 7) is 0. The molecule has 2 heteroatoms. The first-order valence-electron chi connectivity index (χ1n) is 6.08. The smallest absolute Gasteiger partial charge is 0.0281 e. The van der Waals surface area contributed by atoms with Gasteiger partial charge in [0, 0.05) is 6.04 Å². The van der Waals surface area contributed by atoms with E-state index in [2.05, 4.69) is 36.4 Å². The van der Waals surface area contributed by atoms with Crippen LogP contribution in [0.1, 0.15) is 5.56 Å². The van der Waals surface area contributed by atoms with Crippen LogP contribution in [0, 0.1) is 0 Å². The van der Waals surface area contributed by atoms with Crippen LogP contribution < -0.4 is 11.5 Å². The molecule has 0 bridgehead atoms. The number of hydrogen-bond acceptors (Lipinski definition) is 2. The first-order valence-corrected chi connectivity index (χ1v) is 6.08. The van der Waals surface area contributed by atoms with E-state index in [0.29, 0.717) is 0 Å². The van der Waals surface area contributed by atoms with Crippen molar-refractivity contribution in [1.82, 2.24) is 0 Å². The Hall–Kier alpha value is -2.06. The molecule has 2 aromatic rings. The van der Waals surface area contributed by atoms with Gasteiger partial charge in [-0.15, -0.1) is 0 Å². The third kappa shape index (κ3) is 3.22. The molecule has 92 valence electrons. The number of nitrogens with two attached hydrogens (primary N) is 2. The number of hydrogen-bond donors (Lipinski definition) is 2. The normalized spacial score (nSPS) is 12.7. The molecule has 0 fully saturated rings. The molecule has 0 spiro atoms. The third-order valence-electron chi connectivity index (χ3n) is 2.86. The Labute approximate surface area is 108 Å². The second kappa shape index (κ2) is 6.03. The van der Waals surface area contributed by atoms with E-state index in [4.69, 9.17) is 11.5 Å². The predicted octanol–water partition coefficient (Wildman–Crippen LogP) is 2.70. The van der Waals surface area contributed by atoms with Gasteiger partial charge in [0.25, 0.3) is 0 Å². The van der Waals surface area contributed by atoms with Crippen LogP contribution in [0.15, 0.2) is 66.9 Å². The van der Waals surface area contributed by atoms with Gasteiger partial charge >= 0.3 is 0 Å². The Morgan fingerprint density at radius 1 is 0.944 bits per heavy atom. The molecular weight excluding hydrogens is 220 g/mol. The van der Waals surface area contributed by atoms with E-state index in [-0.39, 0.29) is 6.04 Å². The molecule has 0 amide bonds. The Balaban J connectivity index is 2.20. The summed E-state index contributed by atoms with van der Waals surface area (Å²) in [4.78, 5) is 0. The van der Waals surface area contributed by atoms with Gasteiger partial charge in [-0.1, -0.05) is 60.7 Å². The van der Waals surface area contributed by atoms with Gasteiger partial charge in [-0.25, -0.2) is 0 Å². The third-order valence-corrected chi connectivity index (χ3v) is 2.86. The maximum absolute atomic E-state index is 5.94. The maximum Gasteiger partial charge on any atom is 0.0281 e. The van der Waals surface area contributed by atoms with Crippen molar-refractivity contribution in [3.63, 3.8) is 0 Å². The van der Waals surface area contributed by atoms with Gasteiger partial charge in [0.1, 0.15) is 0 Å². The SMILES string of the molecule is N/C=C\C(N)Cc1cccc(-c2ccccc2)c1. The predicted molar refractivity (Wildman–Crippen MR) is 76.9 cm³/mol. The number of rotatable bonds is 4. The topological polar surface area (TPSA) is 52.0 Å². The van der Waals surface area contributed by atoms with E-state index in [1.165, 1.54) is 22.9 Å². The molecule has 0 radical (unpaired) electrons. The molecule has 4 N–H and O–H groups in total. The quantitative estimate of drug-likeness (QED) is 0.860.